The minimum Gasteiger partial charge on any atom is -0.321 e. The number of rotatable bonds is 4. The maximum atomic E-state index is 12.5. The van der Waals surface area contributed by atoms with E-state index in [9.17, 15) is 4.79 Å². The second-order valence-electron chi connectivity index (χ2n) is 6.71. The number of anilines is 1. The predicted octanol–water partition coefficient (Wildman–Crippen LogP) is 2.96. The van der Waals surface area contributed by atoms with Gasteiger partial charge in [0.15, 0.2) is 11.6 Å². The molecule has 2 aromatic carbocycles. The molecule has 5 heteroatoms. The van der Waals surface area contributed by atoms with E-state index in [2.05, 4.69) is 23.5 Å². The number of aryl methyl sites for hydroxylation is 1. The average Bonchev–Trinajstić information content (AvgIpc) is 3.22. The quantitative estimate of drug-likeness (QED) is 0.758. The third-order valence-corrected chi connectivity index (χ3v) is 5.97. The van der Waals surface area contributed by atoms with E-state index in [1.54, 1.807) is 11.3 Å². The summed E-state index contributed by atoms with van der Waals surface area (Å²) >= 11 is 1.77. The van der Waals surface area contributed by atoms with Crippen molar-refractivity contribution in [1.82, 2.24) is 4.98 Å². The lowest BCUT2D eigenvalue weighted by molar-refractivity contribution is -0.910. The standard InChI is InChI=1S/C20H21N3OS/c1-14-8-10-15(11-9-14)21-19(24)13-23-12-4-6-17(23)20-22-16-5-2-3-7-18(16)25-20/h2-3,5,7-11,17H,4,6,12-13H2,1H3,(H,21,24)/p+1/t17-/m1/s1. The number of fused-ring (bicyclic) bond motifs is 1. The topological polar surface area (TPSA) is 46.4 Å². The molecular weight excluding hydrogens is 330 g/mol. The van der Waals surface area contributed by atoms with E-state index in [1.165, 1.54) is 15.2 Å². The van der Waals surface area contributed by atoms with Crippen LogP contribution in [0.15, 0.2) is 48.5 Å². The van der Waals surface area contributed by atoms with E-state index in [0.29, 0.717) is 12.6 Å². The van der Waals surface area contributed by atoms with Gasteiger partial charge in [-0.3, -0.25) is 4.79 Å². The Morgan fingerprint density at radius 3 is 2.84 bits per heavy atom. The second-order valence-corrected chi connectivity index (χ2v) is 7.78. The Morgan fingerprint density at radius 2 is 2.04 bits per heavy atom. The zero-order chi connectivity index (χ0) is 17.2. The van der Waals surface area contributed by atoms with Crippen LogP contribution >= 0.6 is 11.3 Å². The number of nitrogens with zero attached hydrogens (tertiary/aromatic N) is 1. The van der Waals surface area contributed by atoms with Crippen LogP contribution in [0, 0.1) is 6.92 Å². The molecule has 2 N–H and O–H groups in total. The molecule has 0 bridgehead atoms. The Kier molecular flexibility index (Phi) is 4.51. The molecule has 0 radical (unpaired) electrons. The molecule has 0 aliphatic carbocycles. The average molecular weight is 352 g/mol. The number of carbonyl (C=O) groups is 1. The maximum Gasteiger partial charge on any atom is 0.279 e. The fourth-order valence-corrected chi connectivity index (χ4v) is 4.67. The first-order valence-corrected chi connectivity index (χ1v) is 9.57. The number of thiazole rings is 1. The van der Waals surface area contributed by atoms with Crippen molar-refractivity contribution < 1.29 is 9.69 Å². The van der Waals surface area contributed by atoms with Gasteiger partial charge in [0.1, 0.15) is 6.04 Å². The molecule has 0 spiro atoms. The van der Waals surface area contributed by atoms with E-state index in [-0.39, 0.29) is 5.91 Å². The van der Waals surface area contributed by atoms with Gasteiger partial charge in [0, 0.05) is 18.5 Å². The molecule has 2 atom stereocenters. The van der Waals surface area contributed by atoms with Crippen LogP contribution in [-0.4, -0.2) is 24.0 Å². The molecule has 3 aromatic rings. The molecule has 4 rings (SSSR count). The maximum absolute atomic E-state index is 12.5. The molecule has 128 valence electrons. The smallest absolute Gasteiger partial charge is 0.279 e. The van der Waals surface area contributed by atoms with Gasteiger partial charge in [-0.2, -0.15) is 0 Å². The summed E-state index contributed by atoms with van der Waals surface area (Å²) in [4.78, 5) is 18.6. The van der Waals surface area contributed by atoms with Gasteiger partial charge in [-0.25, -0.2) is 4.98 Å². The van der Waals surface area contributed by atoms with Crippen molar-refractivity contribution in [2.24, 2.45) is 0 Å². The number of benzene rings is 2. The van der Waals surface area contributed by atoms with E-state index >= 15 is 0 Å². The van der Waals surface area contributed by atoms with Gasteiger partial charge in [-0.15, -0.1) is 11.3 Å². The first-order chi connectivity index (χ1) is 12.2. The van der Waals surface area contributed by atoms with Gasteiger partial charge in [-0.05, 0) is 31.2 Å². The predicted molar refractivity (Wildman–Crippen MR) is 102 cm³/mol. The molecule has 25 heavy (non-hydrogen) atoms. The molecule has 1 aromatic heterocycles. The zero-order valence-electron chi connectivity index (χ0n) is 14.3. The molecule has 2 heterocycles. The summed E-state index contributed by atoms with van der Waals surface area (Å²) < 4.78 is 1.23. The van der Waals surface area contributed by atoms with Crippen LogP contribution in [0.1, 0.15) is 29.5 Å². The highest BCUT2D eigenvalue weighted by Gasteiger charge is 2.33. The second kappa shape index (κ2) is 6.94. The Bertz CT molecular complexity index is 854. The highest BCUT2D eigenvalue weighted by atomic mass is 32.1. The number of hydrogen-bond donors (Lipinski definition) is 2. The molecule has 1 fully saturated rings. The molecule has 1 aliphatic heterocycles. The van der Waals surface area contributed by atoms with Crippen molar-refractivity contribution in [3.63, 3.8) is 0 Å². The van der Waals surface area contributed by atoms with Gasteiger partial charge >= 0.3 is 0 Å². The van der Waals surface area contributed by atoms with Crippen LogP contribution in [0.4, 0.5) is 5.69 Å². The summed E-state index contributed by atoms with van der Waals surface area (Å²) in [7, 11) is 0. The Labute approximate surface area is 151 Å². The van der Waals surface area contributed by atoms with Crippen molar-refractivity contribution in [3.8, 4) is 0 Å². The third kappa shape index (κ3) is 3.57. The largest absolute Gasteiger partial charge is 0.321 e. The molecule has 1 aliphatic rings. The van der Waals surface area contributed by atoms with Crippen LogP contribution in [-0.2, 0) is 4.79 Å². The van der Waals surface area contributed by atoms with E-state index in [4.69, 9.17) is 4.98 Å². The Hall–Kier alpha value is -2.24. The summed E-state index contributed by atoms with van der Waals surface area (Å²) in [5.41, 5.74) is 3.13. The number of aromatic nitrogens is 1. The number of nitrogens with one attached hydrogen (secondary N) is 2. The van der Waals surface area contributed by atoms with E-state index < -0.39 is 0 Å². The monoisotopic (exact) mass is 352 g/mol. The minimum absolute atomic E-state index is 0.0758. The van der Waals surface area contributed by atoms with E-state index in [1.807, 2.05) is 37.3 Å². The summed E-state index contributed by atoms with van der Waals surface area (Å²) in [6.07, 6.45) is 2.25. The summed E-state index contributed by atoms with van der Waals surface area (Å²) in [5.74, 6) is 0.0758. The highest BCUT2D eigenvalue weighted by Crippen LogP contribution is 2.28. The molecule has 1 unspecified atom stereocenters. The summed E-state index contributed by atoms with van der Waals surface area (Å²) in [5, 5.41) is 4.18. The van der Waals surface area contributed by atoms with Crippen LogP contribution in [0.3, 0.4) is 0 Å². The fraction of sp³-hybridized carbons (Fsp3) is 0.300. The number of hydrogen-bond acceptors (Lipinski definition) is 3. The normalized spacial score (nSPS) is 20.0. The third-order valence-electron chi connectivity index (χ3n) is 4.81. The molecular formula is C20H22N3OS+. The lowest BCUT2D eigenvalue weighted by Crippen LogP contribution is -3.11. The van der Waals surface area contributed by atoms with E-state index in [0.717, 1.165) is 35.6 Å². The first kappa shape index (κ1) is 16.2. The minimum atomic E-state index is 0.0758. The Morgan fingerprint density at radius 1 is 1.24 bits per heavy atom. The van der Waals surface area contributed by atoms with Gasteiger partial charge in [-0.1, -0.05) is 29.8 Å². The van der Waals surface area contributed by atoms with Gasteiger partial charge in [0.2, 0.25) is 0 Å². The lowest BCUT2D eigenvalue weighted by atomic mass is 10.2. The zero-order valence-corrected chi connectivity index (χ0v) is 15.1. The van der Waals surface area contributed by atoms with Gasteiger partial charge in [0.25, 0.3) is 5.91 Å². The van der Waals surface area contributed by atoms with Crippen molar-refractivity contribution in [3.05, 3.63) is 59.1 Å². The number of para-hydroxylation sites is 1. The van der Waals surface area contributed by atoms with Gasteiger partial charge < -0.3 is 10.2 Å². The number of quaternary nitrogens is 1. The number of amides is 1. The SMILES string of the molecule is Cc1ccc(NC(=O)C[NH+]2CCC[C@@H]2c2nc3ccccc3s2)cc1. The van der Waals surface area contributed by atoms with Crippen molar-refractivity contribution >= 4 is 33.1 Å². The summed E-state index contributed by atoms with van der Waals surface area (Å²) in [6, 6.07) is 16.5. The van der Waals surface area contributed by atoms with Crippen LogP contribution in [0.25, 0.3) is 10.2 Å². The molecule has 0 saturated carbocycles. The van der Waals surface area contributed by atoms with Crippen molar-refractivity contribution in [1.29, 1.82) is 0 Å². The number of likely N-dealkylation sites (tertiary alicyclic amines) is 1. The molecule has 1 saturated heterocycles. The Balaban J connectivity index is 1.45. The lowest BCUT2D eigenvalue weighted by Gasteiger charge is -2.19. The highest BCUT2D eigenvalue weighted by molar-refractivity contribution is 7.18. The summed E-state index contributed by atoms with van der Waals surface area (Å²) in [6.45, 7) is 3.57. The van der Waals surface area contributed by atoms with Crippen molar-refractivity contribution in [2.45, 2.75) is 25.8 Å². The molecule has 4 nitrogen and oxygen atoms in total. The van der Waals surface area contributed by atoms with Crippen LogP contribution in [0.2, 0.25) is 0 Å². The first-order valence-electron chi connectivity index (χ1n) is 8.75. The van der Waals surface area contributed by atoms with Crippen LogP contribution in [0.5, 0.6) is 0 Å². The van der Waals surface area contributed by atoms with Gasteiger partial charge in [0.05, 0.1) is 16.8 Å². The number of carbonyl (C=O) groups excluding carboxylic acids is 1. The van der Waals surface area contributed by atoms with Crippen molar-refractivity contribution in [2.75, 3.05) is 18.4 Å². The van der Waals surface area contributed by atoms with Crippen LogP contribution < -0.4 is 10.2 Å². The fourth-order valence-electron chi connectivity index (χ4n) is 3.51. The molecule has 1 amide bonds.